The number of hydrogen-bond donors (Lipinski definition) is 1. The van der Waals surface area contributed by atoms with Crippen LogP contribution in [0.5, 0.6) is 5.75 Å². The zero-order valence-electron chi connectivity index (χ0n) is 22.7. The number of alkyl halides is 3. The van der Waals surface area contributed by atoms with E-state index < -0.39 is 16.9 Å². The maximum atomic E-state index is 12.9. The van der Waals surface area contributed by atoms with Gasteiger partial charge in [0.15, 0.2) is 0 Å². The first-order valence-corrected chi connectivity index (χ1v) is 14.1. The smallest absolute Gasteiger partial charge is 0.420 e. The van der Waals surface area contributed by atoms with E-state index in [1.165, 1.54) is 39.2 Å². The van der Waals surface area contributed by atoms with Crippen molar-refractivity contribution in [1.82, 2.24) is 14.9 Å². The van der Waals surface area contributed by atoms with Gasteiger partial charge in [-0.15, -0.1) is 0 Å². The zero-order valence-corrected chi connectivity index (χ0v) is 23.4. The molecule has 8 nitrogen and oxygen atoms in total. The lowest BCUT2D eigenvalue weighted by Crippen LogP contribution is -2.60. The van der Waals surface area contributed by atoms with Gasteiger partial charge in [-0.1, -0.05) is 11.6 Å². The van der Waals surface area contributed by atoms with E-state index in [1.54, 1.807) is 7.11 Å². The Morgan fingerprint density at radius 1 is 1.02 bits per heavy atom. The Balaban J connectivity index is 0.000000758. The number of piperazine rings is 1. The second kappa shape index (κ2) is 12.0. The molecule has 7 rings (SSSR count). The molecule has 0 unspecified atom stereocenters. The summed E-state index contributed by atoms with van der Waals surface area (Å²) in [6, 6.07) is 6.56. The predicted octanol–water partition coefficient (Wildman–Crippen LogP) is 5.64. The molecule has 0 radical (unpaired) electrons. The Morgan fingerprint density at radius 2 is 1.65 bits per heavy atom. The van der Waals surface area contributed by atoms with Crippen molar-refractivity contribution in [3.63, 3.8) is 0 Å². The summed E-state index contributed by atoms with van der Waals surface area (Å²) in [6.45, 7) is 4.47. The molecule has 1 aromatic heterocycles. The van der Waals surface area contributed by atoms with Crippen LogP contribution in [-0.2, 0) is 15.7 Å². The number of methoxy groups -OCH3 is 2. The number of nitrogens with one attached hydrogen (secondary N) is 1. The van der Waals surface area contributed by atoms with Crippen molar-refractivity contribution in [2.24, 2.45) is 23.7 Å². The molecule has 218 valence electrons. The summed E-state index contributed by atoms with van der Waals surface area (Å²) < 4.78 is 48.3. The largest absolute Gasteiger partial charge is 0.494 e. The molecule has 4 aliphatic carbocycles. The second-order valence-electron chi connectivity index (χ2n) is 11.2. The van der Waals surface area contributed by atoms with Gasteiger partial charge in [0.05, 0.1) is 19.9 Å². The summed E-state index contributed by atoms with van der Waals surface area (Å²) in [5.41, 5.74) is 0.558. The molecule has 40 heavy (non-hydrogen) atoms. The molecule has 5 aliphatic rings. The van der Waals surface area contributed by atoms with Crippen molar-refractivity contribution in [2.45, 2.75) is 44.3 Å². The molecule has 2 aromatic rings. The minimum absolute atomic E-state index is 0.0247. The number of carbonyl (C=O) groups excluding carboxylic acids is 1. The monoisotopic (exact) mass is 581 g/mol. The third-order valence-corrected chi connectivity index (χ3v) is 9.14. The van der Waals surface area contributed by atoms with E-state index >= 15 is 0 Å². The number of anilines is 3. The first-order valence-electron chi connectivity index (χ1n) is 13.7. The van der Waals surface area contributed by atoms with Crippen LogP contribution in [0.2, 0.25) is 5.15 Å². The summed E-state index contributed by atoms with van der Waals surface area (Å²) >= 11 is 5.74. The number of rotatable bonds is 6. The zero-order chi connectivity index (χ0) is 28.4. The Kier molecular flexibility index (Phi) is 8.61. The fourth-order valence-corrected chi connectivity index (χ4v) is 7.72. The topological polar surface area (TPSA) is 79.8 Å². The lowest BCUT2D eigenvalue weighted by Gasteiger charge is -2.58. The Labute approximate surface area is 237 Å². The van der Waals surface area contributed by atoms with Gasteiger partial charge in [0, 0.05) is 50.2 Å². The Hall–Kier alpha value is -2.79. The van der Waals surface area contributed by atoms with E-state index in [-0.39, 0.29) is 5.95 Å². The summed E-state index contributed by atoms with van der Waals surface area (Å²) in [5.74, 6) is 4.33. The standard InChI is InChI=1S/C26H31ClF3N5O.C2H4O2/c1-36-22-13-19(2-3-21(22)32-25-31-14-20(24(27)33-25)26(28,29)30)34-4-6-35(7-5-34)23-17-9-15-8-16(11-17)12-18(23)10-15;1-4-2-3/h2-3,13-18,23H,4-12H2,1H3,(H,31,32,33);2H,1H3. The summed E-state index contributed by atoms with van der Waals surface area (Å²) in [6.07, 6.45) is 3.33. The highest BCUT2D eigenvalue weighted by molar-refractivity contribution is 6.30. The van der Waals surface area contributed by atoms with Crippen LogP contribution in [0.15, 0.2) is 24.4 Å². The highest BCUT2D eigenvalue weighted by Crippen LogP contribution is 2.55. The number of benzene rings is 1. The van der Waals surface area contributed by atoms with Crippen molar-refractivity contribution in [1.29, 1.82) is 0 Å². The lowest BCUT2D eigenvalue weighted by atomic mass is 9.54. The van der Waals surface area contributed by atoms with Crippen LogP contribution in [0.3, 0.4) is 0 Å². The molecule has 1 N–H and O–H groups in total. The predicted molar refractivity (Wildman–Crippen MR) is 146 cm³/mol. The molecule has 0 spiro atoms. The van der Waals surface area contributed by atoms with Gasteiger partial charge in [0.2, 0.25) is 5.95 Å². The first kappa shape index (κ1) is 28.7. The maximum Gasteiger partial charge on any atom is 0.420 e. The number of aromatic nitrogens is 2. The van der Waals surface area contributed by atoms with Crippen molar-refractivity contribution >= 4 is 35.4 Å². The van der Waals surface area contributed by atoms with Crippen LogP contribution in [0.25, 0.3) is 0 Å². The van der Waals surface area contributed by atoms with Crippen molar-refractivity contribution in [3.05, 3.63) is 35.1 Å². The van der Waals surface area contributed by atoms with Crippen LogP contribution >= 0.6 is 11.6 Å². The minimum Gasteiger partial charge on any atom is -0.494 e. The highest BCUT2D eigenvalue weighted by atomic mass is 35.5. The lowest BCUT2D eigenvalue weighted by molar-refractivity contribution is -0.138. The Bertz CT molecular complexity index is 1160. The molecule has 0 atom stereocenters. The van der Waals surface area contributed by atoms with Gasteiger partial charge in [-0.3, -0.25) is 9.69 Å². The van der Waals surface area contributed by atoms with E-state index in [1.807, 2.05) is 18.2 Å². The van der Waals surface area contributed by atoms with Gasteiger partial charge in [-0.25, -0.2) is 9.97 Å². The maximum absolute atomic E-state index is 12.9. The number of halogens is 4. The van der Waals surface area contributed by atoms with Crippen LogP contribution in [0.4, 0.5) is 30.5 Å². The fraction of sp³-hybridized carbons (Fsp3) is 0.607. The minimum atomic E-state index is -4.60. The van der Waals surface area contributed by atoms with Crippen LogP contribution < -0.4 is 15.0 Å². The van der Waals surface area contributed by atoms with Gasteiger partial charge in [-0.05, 0) is 67.9 Å². The number of nitrogens with zero attached hydrogens (tertiary/aromatic N) is 4. The van der Waals surface area contributed by atoms with Gasteiger partial charge < -0.3 is 19.7 Å². The van der Waals surface area contributed by atoms with Gasteiger partial charge in [0.1, 0.15) is 16.5 Å². The summed E-state index contributed by atoms with van der Waals surface area (Å²) in [7, 11) is 2.88. The summed E-state index contributed by atoms with van der Waals surface area (Å²) in [4.78, 5) is 21.6. The van der Waals surface area contributed by atoms with E-state index in [2.05, 4.69) is 29.8 Å². The molecule has 5 fully saturated rings. The third-order valence-electron chi connectivity index (χ3n) is 8.85. The second-order valence-corrected chi connectivity index (χ2v) is 11.5. The third kappa shape index (κ3) is 6.10. The molecular formula is C28H35ClF3N5O3. The molecule has 2 heterocycles. The summed E-state index contributed by atoms with van der Waals surface area (Å²) in [5, 5.41) is 2.28. The normalized spacial score (nSPS) is 27.6. The van der Waals surface area contributed by atoms with Gasteiger partial charge >= 0.3 is 6.18 Å². The van der Waals surface area contributed by atoms with E-state index in [4.69, 9.17) is 21.1 Å². The van der Waals surface area contributed by atoms with Crippen LogP contribution in [0.1, 0.15) is 37.7 Å². The number of hydrogen-bond acceptors (Lipinski definition) is 8. The molecule has 1 aliphatic heterocycles. The van der Waals surface area contributed by atoms with E-state index in [0.717, 1.165) is 61.6 Å². The molecule has 1 aromatic carbocycles. The average Bonchev–Trinajstić information content (AvgIpc) is 2.92. The highest BCUT2D eigenvalue weighted by Gasteiger charge is 2.50. The van der Waals surface area contributed by atoms with Crippen molar-refractivity contribution in [2.75, 3.05) is 50.6 Å². The Morgan fingerprint density at radius 3 is 2.17 bits per heavy atom. The number of carbonyl (C=O) groups is 1. The van der Waals surface area contributed by atoms with Crippen LogP contribution in [-0.4, -0.2) is 67.8 Å². The SMILES string of the molecule is COC=O.COc1cc(N2CCN(C3C4CC5CC(C4)CC3C5)CC2)ccc1Nc1ncc(C(F)(F)F)c(Cl)n1. The molecular weight excluding hydrogens is 547 g/mol. The van der Waals surface area contributed by atoms with Gasteiger partial charge in [0.25, 0.3) is 6.47 Å². The van der Waals surface area contributed by atoms with Crippen LogP contribution in [0, 0.1) is 23.7 Å². The van der Waals surface area contributed by atoms with E-state index in [0.29, 0.717) is 24.1 Å². The molecule has 0 amide bonds. The number of ether oxygens (including phenoxy) is 2. The molecule has 4 saturated carbocycles. The first-order chi connectivity index (χ1) is 19.2. The van der Waals surface area contributed by atoms with Gasteiger partial charge in [-0.2, -0.15) is 13.2 Å². The quantitative estimate of drug-likeness (QED) is 0.347. The fourth-order valence-electron chi connectivity index (χ4n) is 7.48. The van der Waals surface area contributed by atoms with E-state index in [9.17, 15) is 13.2 Å². The van der Waals surface area contributed by atoms with Crippen molar-refractivity contribution < 1.29 is 27.4 Å². The average molecular weight is 582 g/mol. The molecule has 1 saturated heterocycles. The molecule has 4 bridgehead atoms. The van der Waals surface area contributed by atoms with Crippen molar-refractivity contribution in [3.8, 4) is 5.75 Å². The molecule has 12 heteroatoms.